The highest BCUT2D eigenvalue weighted by molar-refractivity contribution is 5.78. The second-order valence-electron chi connectivity index (χ2n) is 6.90. The van der Waals surface area contributed by atoms with Gasteiger partial charge in [-0.25, -0.2) is 4.98 Å². The maximum atomic E-state index is 12.2. The van der Waals surface area contributed by atoms with Gasteiger partial charge in [-0.2, -0.15) is 0 Å². The van der Waals surface area contributed by atoms with Crippen molar-refractivity contribution < 1.29 is 9.53 Å². The summed E-state index contributed by atoms with van der Waals surface area (Å²) in [5.41, 5.74) is 0.709. The van der Waals surface area contributed by atoms with Gasteiger partial charge in [0, 0.05) is 38.0 Å². The van der Waals surface area contributed by atoms with Gasteiger partial charge >= 0.3 is 0 Å². The number of ether oxygens (including phenoxy) is 1. The summed E-state index contributed by atoms with van der Waals surface area (Å²) in [4.78, 5) is 33.6. The fraction of sp³-hybridized carbons (Fsp3) is 0.500. The lowest BCUT2D eigenvalue weighted by atomic mass is 9.79. The smallest absolute Gasteiger partial charge is 0.258 e. The number of aromatic amines is 1. The molecule has 0 aliphatic carbocycles. The molecule has 6 nitrogen and oxygen atoms in total. The lowest BCUT2D eigenvalue weighted by molar-refractivity contribution is -0.137. The standard InChI is InChI=1S/C18H21N3O3/c22-16-5-7-18(8-10-24-12-18)11-21(16)9-6-15-19-14-4-2-1-3-13(14)17(23)20-15/h1-4H,5-12H2,(H,19,20,23). The van der Waals surface area contributed by atoms with Gasteiger partial charge in [-0.05, 0) is 25.0 Å². The van der Waals surface area contributed by atoms with Crippen molar-refractivity contribution in [3.8, 4) is 0 Å². The number of carbonyl (C=O) groups excluding carboxylic acids is 1. The van der Waals surface area contributed by atoms with Crippen molar-refractivity contribution >= 4 is 16.8 Å². The number of rotatable bonds is 3. The molecule has 1 atom stereocenters. The van der Waals surface area contributed by atoms with E-state index in [1.54, 1.807) is 6.07 Å². The number of fused-ring (bicyclic) bond motifs is 1. The van der Waals surface area contributed by atoms with Crippen LogP contribution in [0.1, 0.15) is 25.1 Å². The van der Waals surface area contributed by atoms with Crippen LogP contribution >= 0.6 is 0 Å². The van der Waals surface area contributed by atoms with Crippen molar-refractivity contribution in [2.24, 2.45) is 5.41 Å². The van der Waals surface area contributed by atoms with Crippen molar-refractivity contribution in [3.63, 3.8) is 0 Å². The molecule has 6 heteroatoms. The topological polar surface area (TPSA) is 75.3 Å². The van der Waals surface area contributed by atoms with Crippen molar-refractivity contribution in [1.29, 1.82) is 0 Å². The minimum absolute atomic E-state index is 0.124. The first-order valence-corrected chi connectivity index (χ1v) is 8.49. The summed E-state index contributed by atoms with van der Waals surface area (Å²) in [6, 6.07) is 7.30. The van der Waals surface area contributed by atoms with Gasteiger partial charge in [0.25, 0.3) is 5.56 Å². The van der Waals surface area contributed by atoms with Gasteiger partial charge in [-0.1, -0.05) is 12.1 Å². The van der Waals surface area contributed by atoms with E-state index in [9.17, 15) is 9.59 Å². The van der Waals surface area contributed by atoms with Crippen LogP contribution in [0.25, 0.3) is 10.9 Å². The van der Waals surface area contributed by atoms with E-state index in [1.807, 2.05) is 23.1 Å². The Kier molecular flexibility index (Phi) is 3.84. The third kappa shape index (κ3) is 2.82. The Bertz CT molecular complexity index is 824. The van der Waals surface area contributed by atoms with Crippen LogP contribution in [-0.4, -0.2) is 47.1 Å². The highest BCUT2D eigenvalue weighted by Gasteiger charge is 2.41. The molecule has 4 rings (SSSR count). The fourth-order valence-electron chi connectivity index (χ4n) is 3.77. The second kappa shape index (κ2) is 6.02. The normalized spacial score (nSPS) is 24.2. The van der Waals surface area contributed by atoms with Crippen LogP contribution in [-0.2, 0) is 16.0 Å². The first-order chi connectivity index (χ1) is 11.7. The minimum Gasteiger partial charge on any atom is -0.381 e. The maximum absolute atomic E-state index is 12.2. The lowest BCUT2D eigenvalue weighted by Gasteiger charge is -2.39. The van der Waals surface area contributed by atoms with Crippen LogP contribution in [0.4, 0.5) is 0 Å². The Balaban J connectivity index is 1.49. The lowest BCUT2D eigenvalue weighted by Crippen LogP contribution is -2.47. The van der Waals surface area contributed by atoms with E-state index < -0.39 is 0 Å². The summed E-state index contributed by atoms with van der Waals surface area (Å²) in [5.74, 6) is 0.824. The summed E-state index contributed by atoms with van der Waals surface area (Å²) < 4.78 is 5.55. The number of benzene rings is 1. The molecule has 1 aromatic heterocycles. The largest absolute Gasteiger partial charge is 0.381 e. The molecular weight excluding hydrogens is 306 g/mol. The van der Waals surface area contributed by atoms with E-state index in [0.29, 0.717) is 36.1 Å². The maximum Gasteiger partial charge on any atom is 0.258 e. The fourth-order valence-corrected chi connectivity index (χ4v) is 3.77. The number of carbonyl (C=O) groups is 1. The summed E-state index contributed by atoms with van der Waals surface area (Å²) in [7, 11) is 0. The molecule has 1 N–H and O–H groups in total. The first kappa shape index (κ1) is 15.3. The summed E-state index contributed by atoms with van der Waals surface area (Å²) >= 11 is 0. The summed E-state index contributed by atoms with van der Waals surface area (Å²) in [6.45, 7) is 2.88. The van der Waals surface area contributed by atoms with Crippen LogP contribution in [0.15, 0.2) is 29.1 Å². The molecule has 24 heavy (non-hydrogen) atoms. The van der Waals surface area contributed by atoms with Gasteiger partial charge in [0.05, 0.1) is 17.5 Å². The van der Waals surface area contributed by atoms with Gasteiger partial charge in [0.15, 0.2) is 0 Å². The number of H-pyrrole nitrogens is 1. The van der Waals surface area contributed by atoms with Gasteiger partial charge in [-0.15, -0.1) is 0 Å². The summed E-state index contributed by atoms with van der Waals surface area (Å²) in [6.07, 6.45) is 3.10. The van der Waals surface area contributed by atoms with Crippen molar-refractivity contribution in [3.05, 3.63) is 40.4 Å². The molecule has 1 amide bonds. The van der Waals surface area contributed by atoms with Crippen LogP contribution in [0, 0.1) is 5.41 Å². The molecule has 0 bridgehead atoms. The number of amides is 1. The Morgan fingerprint density at radius 3 is 2.96 bits per heavy atom. The molecule has 2 aliphatic heterocycles. The third-order valence-electron chi connectivity index (χ3n) is 5.21. The van der Waals surface area contributed by atoms with E-state index in [0.717, 1.165) is 32.6 Å². The van der Waals surface area contributed by atoms with Gasteiger partial charge in [0.2, 0.25) is 5.91 Å². The average molecular weight is 327 g/mol. The number of aromatic nitrogens is 2. The Labute approximate surface area is 139 Å². The molecule has 126 valence electrons. The number of hydrogen-bond donors (Lipinski definition) is 1. The van der Waals surface area contributed by atoms with E-state index in [2.05, 4.69) is 9.97 Å². The molecule has 1 spiro atoms. The first-order valence-electron chi connectivity index (χ1n) is 8.49. The monoisotopic (exact) mass is 327 g/mol. The predicted molar refractivity (Wildman–Crippen MR) is 89.8 cm³/mol. The third-order valence-corrected chi connectivity index (χ3v) is 5.21. The number of piperidine rings is 1. The van der Waals surface area contributed by atoms with E-state index in [4.69, 9.17) is 4.74 Å². The van der Waals surface area contributed by atoms with Crippen LogP contribution in [0.3, 0.4) is 0 Å². The minimum atomic E-state index is -0.124. The average Bonchev–Trinajstić information content (AvgIpc) is 3.04. The van der Waals surface area contributed by atoms with E-state index in [-0.39, 0.29) is 16.9 Å². The highest BCUT2D eigenvalue weighted by atomic mass is 16.5. The molecule has 2 aromatic rings. The quantitative estimate of drug-likeness (QED) is 0.927. The van der Waals surface area contributed by atoms with Gasteiger partial charge in [0.1, 0.15) is 5.82 Å². The van der Waals surface area contributed by atoms with Crippen molar-refractivity contribution in [1.82, 2.24) is 14.9 Å². The van der Waals surface area contributed by atoms with Crippen LogP contribution in [0.5, 0.6) is 0 Å². The number of nitrogens with zero attached hydrogens (tertiary/aromatic N) is 2. The van der Waals surface area contributed by atoms with Crippen molar-refractivity contribution in [2.75, 3.05) is 26.3 Å². The van der Waals surface area contributed by atoms with Gasteiger partial charge in [-0.3, -0.25) is 9.59 Å². The van der Waals surface area contributed by atoms with Crippen molar-refractivity contribution in [2.45, 2.75) is 25.7 Å². The van der Waals surface area contributed by atoms with E-state index in [1.165, 1.54) is 0 Å². The Morgan fingerprint density at radius 2 is 2.12 bits per heavy atom. The molecular formula is C18H21N3O3. The number of likely N-dealkylation sites (tertiary alicyclic amines) is 1. The molecule has 1 unspecified atom stereocenters. The number of hydrogen-bond acceptors (Lipinski definition) is 4. The highest BCUT2D eigenvalue weighted by Crippen LogP contribution is 2.37. The zero-order chi connectivity index (χ0) is 16.6. The molecule has 3 heterocycles. The Morgan fingerprint density at radius 1 is 1.25 bits per heavy atom. The molecule has 2 saturated heterocycles. The summed E-state index contributed by atoms with van der Waals surface area (Å²) in [5, 5.41) is 0.595. The molecule has 0 saturated carbocycles. The SMILES string of the molecule is O=C1CCC2(CCOC2)CN1CCc1nc2ccccc2c(=O)[nH]1. The zero-order valence-corrected chi connectivity index (χ0v) is 13.6. The Hall–Kier alpha value is -2.21. The van der Waals surface area contributed by atoms with Gasteiger partial charge < -0.3 is 14.6 Å². The number of para-hydroxylation sites is 1. The molecule has 1 aromatic carbocycles. The zero-order valence-electron chi connectivity index (χ0n) is 13.6. The molecule has 2 aliphatic rings. The number of nitrogens with one attached hydrogen (secondary N) is 1. The predicted octanol–water partition coefficient (Wildman–Crippen LogP) is 1.49. The molecule has 2 fully saturated rings. The van der Waals surface area contributed by atoms with Crippen LogP contribution in [0.2, 0.25) is 0 Å². The second-order valence-corrected chi connectivity index (χ2v) is 6.90. The van der Waals surface area contributed by atoms with E-state index >= 15 is 0 Å². The molecule has 0 radical (unpaired) electrons. The van der Waals surface area contributed by atoms with Crippen LogP contribution < -0.4 is 5.56 Å².